The molecule has 0 amide bonds. The minimum absolute atomic E-state index is 0.114. The summed E-state index contributed by atoms with van der Waals surface area (Å²) in [6, 6.07) is 0. The average Bonchev–Trinajstić information content (AvgIpc) is 2.22. The van der Waals surface area contributed by atoms with Gasteiger partial charge in [-0.1, -0.05) is 12.2 Å². The number of rotatable bonds is 7. The maximum Gasteiger partial charge on any atom is 0.305 e. The lowest BCUT2D eigenvalue weighted by Crippen LogP contribution is -2.27. The first-order valence-corrected chi connectivity index (χ1v) is 5.25. The first kappa shape index (κ1) is 15.1. The van der Waals surface area contributed by atoms with E-state index in [1.807, 2.05) is 0 Å². The van der Waals surface area contributed by atoms with Crippen LogP contribution in [-0.2, 0) is 9.53 Å². The van der Waals surface area contributed by atoms with E-state index in [1.165, 1.54) is 20.1 Å². The van der Waals surface area contributed by atoms with Crippen LogP contribution in [0.4, 0.5) is 0 Å². The molecule has 0 fully saturated rings. The lowest BCUT2D eigenvalue weighted by molar-refractivity contribution is -0.140. The number of esters is 1. The van der Waals surface area contributed by atoms with E-state index in [4.69, 9.17) is 5.11 Å². The van der Waals surface area contributed by atoms with Crippen molar-refractivity contribution >= 4 is 5.97 Å². The highest BCUT2D eigenvalue weighted by Crippen LogP contribution is 2.05. The molecule has 3 N–H and O–H groups in total. The van der Waals surface area contributed by atoms with E-state index in [0.29, 0.717) is 6.42 Å². The zero-order chi connectivity index (χ0) is 12.6. The number of carbonyl (C=O) groups is 1. The first-order valence-electron chi connectivity index (χ1n) is 5.25. The van der Waals surface area contributed by atoms with Crippen LogP contribution in [0.1, 0.15) is 26.2 Å². The minimum Gasteiger partial charge on any atom is -0.469 e. The maximum atomic E-state index is 10.7. The summed E-state index contributed by atoms with van der Waals surface area (Å²) in [7, 11) is 1.31. The molecule has 0 radical (unpaired) electrons. The number of allylic oxidation sites excluding steroid dienone is 1. The molecule has 0 bridgehead atoms. The predicted molar refractivity (Wildman–Crippen MR) is 58.7 cm³/mol. The Labute approximate surface area is 95.4 Å². The van der Waals surface area contributed by atoms with E-state index >= 15 is 0 Å². The molecule has 16 heavy (non-hydrogen) atoms. The zero-order valence-corrected chi connectivity index (χ0v) is 9.67. The van der Waals surface area contributed by atoms with Gasteiger partial charge in [-0.3, -0.25) is 4.79 Å². The normalized spacial score (nSPS) is 17.1. The third-order valence-electron chi connectivity index (χ3n) is 2.05. The number of aliphatic hydroxyl groups is 3. The van der Waals surface area contributed by atoms with Crippen LogP contribution in [0.5, 0.6) is 0 Å². The van der Waals surface area contributed by atoms with Crippen LogP contribution in [-0.4, -0.2) is 46.7 Å². The lowest BCUT2D eigenvalue weighted by Gasteiger charge is -2.15. The molecule has 0 aromatic rings. The standard InChI is InChI=1S/C11H20O5/c1-8(12)7-10(14)9(13)5-3-4-6-11(15)16-2/h3,5,8-10,12-14H,4,6-7H2,1-2H3/b5-3+. The maximum absolute atomic E-state index is 10.7. The third kappa shape index (κ3) is 7.39. The summed E-state index contributed by atoms with van der Waals surface area (Å²) >= 11 is 0. The molecular weight excluding hydrogens is 212 g/mol. The van der Waals surface area contributed by atoms with Gasteiger partial charge in [0.15, 0.2) is 0 Å². The predicted octanol–water partition coefficient (Wildman–Crippen LogP) is -0.0115. The Bertz CT molecular complexity index is 224. The highest BCUT2D eigenvalue weighted by Gasteiger charge is 2.15. The topological polar surface area (TPSA) is 87.0 Å². The monoisotopic (exact) mass is 232 g/mol. The van der Waals surface area contributed by atoms with Gasteiger partial charge in [0.2, 0.25) is 0 Å². The number of carbonyl (C=O) groups excluding carboxylic acids is 1. The summed E-state index contributed by atoms with van der Waals surface area (Å²) in [5, 5.41) is 27.8. The molecule has 3 unspecified atom stereocenters. The second-order valence-corrected chi connectivity index (χ2v) is 3.69. The van der Waals surface area contributed by atoms with Crippen LogP contribution in [0.25, 0.3) is 0 Å². The van der Waals surface area contributed by atoms with Gasteiger partial charge in [-0.05, 0) is 13.3 Å². The molecule has 0 aliphatic rings. The van der Waals surface area contributed by atoms with Gasteiger partial charge in [-0.2, -0.15) is 0 Å². The van der Waals surface area contributed by atoms with Crippen LogP contribution < -0.4 is 0 Å². The van der Waals surface area contributed by atoms with Crippen molar-refractivity contribution < 1.29 is 24.9 Å². The molecule has 0 spiro atoms. The summed E-state index contributed by atoms with van der Waals surface area (Å²) in [6.45, 7) is 1.54. The quantitative estimate of drug-likeness (QED) is 0.424. The third-order valence-corrected chi connectivity index (χ3v) is 2.05. The van der Waals surface area contributed by atoms with Gasteiger partial charge in [-0.25, -0.2) is 0 Å². The van der Waals surface area contributed by atoms with Gasteiger partial charge in [0.25, 0.3) is 0 Å². The minimum atomic E-state index is -1.02. The zero-order valence-electron chi connectivity index (χ0n) is 9.67. The van der Waals surface area contributed by atoms with Crippen molar-refractivity contribution in [2.24, 2.45) is 0 Å². The molecule has 0 saturated heterocycles. The van der Waals surface area contributed by atoms with Crippen molar-refractivity contribution in [2.45, 2.75) is 44.5 Å². The Kier molecular flexibility index (Phi) is 7.80. The molecule has 94 valence electrons. The van der Waals surface area contributed by atoms with Gasteiger partial charge < -0.3 is 20.1 Å². The van der Waals surface area contributed by atoms with E-state index in [0.717, 1.165) is 0 Å². The highest BCUT2D eigenvalue weighted by atomic mass is 16.5. The summed E-state index contributed by atoms with van der Waals surface area (Å²) in [4.78, 5) is 10.7. The van der Waals surface area contributed by atoms with E-state index in [2.05, 4.69) is 4.74 Å². The van der Waals surface area contributed by atoms with Gasteiger partial charge >= 0.3 is 5.97 Å². The van der Waals surface area contributed by atoms with Crippen LogP contribution in [0.3, 0.4) is 0 Å². The lowest BCUT2D eigenvalue weighted by atomic mass is 10.1. The average molecular weight is 232 g/mol. The Morgan fingerprint density at radius 3 is 2.50 bits per heavy atom. The smallest absolute Gasteiger partial charge is 0.305 e. The van der Waals surface area contributed by atoms with Gasteiger partial charge in [-0.15, -0.1) is 0 Å². The van der Waals surface area contributed by atoms with Crippen molar-refractivity contribution in [1.82, 2.24) is 0 Å². The van der Waals surface area contributed by atoms with Crippen LogP contribution in [0, 0.1) is 0 Å². The van der Waals surface area contributed by atoms with Gasteiger partial charge in [0.05, 0.1) is 25.4 Å². The van der Waals surface area contributed by atoms with Crippen molar-refractivity contribution in [3.63, 3.8) is 0 Å². The van der Waals surface area contributed by atoms with E-state index in [1.54, 1.807) is 6.08 Å². The van der Waals surface area contributed by atoms with Crippen LogP contribution in [0.15, 0.2) is 12.2 Å². The largest absolute Gasteiger partial charge is 0.469 e. The van der Waals surface area contributed by atoms with Crippen molar-refractivity contribution in [1.29, 1.82) is 0 Å². The first-order chi connectivity index (χ1) is 7.47. The van der Waals surface area contributed by atoms with Crippen LogP contribution >= 0.6 is 0 Å². The van der Waals surface area contributed by atoms with Crippen molar-refractivity contribution in [3.05, 3.63) is 12.2 Å². The number of hydrogen-bond donors (Lipinski definition) is 3. The fourth-order valence-electron chi connectivity index (χ4n) is 1.16. The van der Waals surface area contributed by atoms with E-state index in [-0.39, 0.29) is 18.8 Å². The highest BCUT2D eigenvalue weighted by molar-refractivity contribution is 5.69. The fraction of sp³-hybridized carbons (Fsp3) is 0.727. The van der Waals surface area contributed by atoms with Gasteiger partial charge in [0, 0.05) is 12.8 Å². The molecule has 0 aromatic heterocycles. The molecule has 5 nitrogen and oxygen atoms in total. The Hall–Kier alpha value is -0.910. The molecule has 0 saturated carbocycles. The molecule has 0 aliphatic heterocycles. The van der Waals surface area contributed by atoms with Gasteiger partial charge in [0.1, 0.15) is 0 Å². The fourth-order valence-corrected chi connectivity index (χ4v) is 1.16. The summed E-state index contributed by atoms with van der Waals surface area (Å²) in [5.74, 6) is -0.316. The molecule has 5 heteroatoms. The van der Waals surface area contributed by atoms with E-state index in [9.17, 15) is 15.0 Å². The summed E-state index contributed by atoms with van der Waals surface area (Å²) in [6.07, 6.45) is 1.15. The Morgan fingerprint density at radius 2 is 2.00 bits per heavy atom. The molecule has 0 aliphatic carbocycles. The van der Waals surface area contributed by atoms with E-state index < -0.39 is 18.3 Å². The number of methoxy groups -OCH3 is 1. The molecule has 0 heterocycles. The Morgan fingerprint density at radius 1 is 1.38 bits per heavy atom. The van der Waals surface area contributed by atoms with Crippen LogP contribution in [0.2, 0.25) is 0 Å². The molecule has 0 aromatic carbocycles. The number of ether oxygens (including phenoxy) is 1. The number of aliphatic hydroxyl groups excluding tert-OH is 3. The summed E-state index contributed by atoms with van der Waals surface area (Å²) in [5.41, 5.74) is 0. The Balaban J connectivity index is 3.81. The molecular formula is C11H20O5. The number of hydrogen-bond acceptors (Lipinski definition) is 5. The molecule has 3 atom stereocenters. The second-order valence-electron chi connectivity index (χ2n) is 3.69. The summed E-state index contributed by atoms with van der Waals surface area (Å²) < 4.78 is 4.44. The second kappa shape index (κ2) is 8.27. The molecule has 0 rings (SSSR count). The van der Waals surface area contributed by atoms with Crippen molar-refractivity contribution in [3.8, 4) is 0 Å². The van der Waals surface area contributed by atoms with Crippen molar-refractivity contribution in [2.75, 3.05) is 7.11 Å². The SMILES string of the molecule is COC(=O)CC/C=C/C(O)C(O)CC(C)O.